The number of fused-ring (bicyclic) bond motifs is 7. The van der Waals surface area contributed by atoms with E-state index in [1.54, 1.807) is 0 Å². The lowest BCUT2D eigenvalue weighted by Crippen LogP contribution is -2.16. The molecule has 0 saturated carbocycles. The molecule has 12 rings (SSSR count). The number of hydrogen-bond acceptors (Lipinski definition) is 4. The lowest BCUT2D eigenvalue weighted by atomic mass is 9.81. The fourth-order valence-corrected chi connectivity index (χ4v) is 12.2. The predicted octanol–water partition coefficient (Wildman–Crippen LogP) is 16.3. The first-order chi connectivity index (χ1) is 30.0. The van der Waals surface area contributed by atoms with Gasteiger partial charge < -0.3 is 8.98 Å². The third-order valence-corrected chi connectivity index (χ3v) is 15.1. The van der Waals surface area contributed by atoms with E-state index in [4.69, 9.17) is 4.42 Å². The minimum absolute atomic E-state index is 0.208. The fraction of sp³-hybridized carbons (Fsp3) is 0.0714. The molecule has 61 heavy (non-hydrogen) atoms. The Bertz CT molecular complexity index is 3310. The van der Waals surface area contributed by atoms with Crippen molar-refractivity contribution in [3.8, 4) is 50.4 Å². The molecule has 2 aliphatic rings. The van der Waals surface area contributed by atoms with Gasteiger partial charge in [0.2, 0.25) is 5.88 Å². The first-order valence-electron chi connectivity index (χ1n) is 20.8. The Balaban J connectivity index is 1.06. The molecule has 0 fully saturated rings. The normalized spacial score (nSPS) is 13.7. The third kappa shape index (κ3) is 5.83. The first kappa shape index (κ1) is 36.2. The SMILES string of the molecule is CC1(C)c2ccccc2-c2c(-c3cccc4c3SCS4)cc(N(c3ccc(-c4ccccc4)cc3)c3ccc(-c4ccc5c6ccccc6n(-c6ccccc6)c5c4)o3)cc21. The predicted molar refractivity (Wildman–Crippen MR) is 258 cm³/mol. The van der Waals surface area contributed by atoms with Crippen molar-refractivity contribution in [3.05, 3.63) is 205 Å². The summed E-state index contributed by atoms with van der Waals surface area (Å²) < 4.78 is 9.45. The van der Waals surface area contributed by atoms with Crippen LogP contribution >= 0.6 is 23.5 Å². The lowest BCUT2D eigenvalue weighted by molar-refractivity contribution is 0.588. The van der Waals surface area contributed by atoms with Gasteiger partial charge in [0.15, 0.2) is 0 Å². The van der Waals surface area contributed by atoms with Crippen LogP contribution in [0.5, 0.6) is 0 Å². The summed E-state index contributed by atoms with van der Waals surface area (Å²) in [7, 11) is 0. The van der Waals surface area contributed by atoms with Gasteiger partial charge in [0.25, 0.3) is 0 Å². The average molecular weight is 821 g/mol. The monoisotopic (exact) mass is 820 g/mol. The Morgan fingerprint density at radius 1 is 0.508 bits per heavy atom. The van der Waals surface area contributed by atoms with Crippen LogP contribution in [0.1, 0.15) is 25.0 Å². The Kier molecular flexibility index (Phi) is 8.45. The van der Waals surface area contributed by atoms with Gasteiger partial charge in [0.05, 0.1) is 16.7 Å². The summed E-state index contributed by atoms with van der Waals surface area (Å²) >= 11 is 3.89. The number of anilines is 3. The highest BCUT2D eigenvalue weighted by Crippen LogP contribution is 2.57. The summed E-state index contributed by atoms with van der Waals surface area (Å²) in [6, 6.07) is 70.4. The standard InChI is InChI=1S/C56H40N2OS2/c1-56(2)47-21-11-9-19-45(47)54-46(44-20-13-23-52-55(44)61-35-60-52)33-41(34-48(54)56)57(40-27-24-37(25-28-40)36-14-5-3-6-15-36)53-31-30-51(59-53)38-26-29-43-42-18-10-12-22-49(42)58(50(43)32-38)39-16-7-4-8-17-39/h3-34H,35H2,1-2H3. The van der Waals surface area contributed by atoms with E-state index >= 15 is 0 Å². The van der Waals surface area contributed by atoms with Crippen LogP contribution in [0.4, 0.5) is 17.3 Å². The molecule has 0 saturated heterocycles. The second kappa shape index (κ2) is 14.2. The Morgan fingerprint density at radius 3 is 2.07 bits per heavy atom. The maximum atomic E-state index is 7.09. The molecule has 2 aromatic heterocycles. The molecular formula is C56H40N2OS2. The van der Waals surface area contributed by atoms with Gasteiger partial charge >= 0.3 is 0 Å². The van der Waals surface area contributed by atoms with Crippen molar-refractivity contribution in [1.29, 1.82) is 0 Å². The topological polar surface area (TPSA) is 21.3 Å². The zero-order valence-electron chi connectivity index (χ0n) is 33.8. The summed E-state index contributed by atoms with van der Waals surface area (Å²) in [4.78, 5) is 5.04. The second-order valence-corrected chi connectivity index (χ2v) is 18.8. The van der Waals surface area contributed by atoms with Crippen molar-refractivity contribution < 1.29 is 4.42 Å². The molecule has 0 spiro atoms. The average Bonchev–Trinajstić information content (AvgIpc) is 4.11. The zero-order valence-corrected chi connectivity index (χ0v) is 35.4. The van der Waals surface area contributed by atoms with Gasteiger partial charge in [0, 0.05) is 54.1 Å². The molecule has 1 aliphatic heterocycles. The van der Waals surface area contributed by atoms with Crippen LogP contribution in [0.15, 0.2) is 208 Å². The van der Waals surface area contributed by atoms with Crippen molar-refractivity contribution in [1.82, 2.24) is 4.57 Å². The number of benzene rings is 8. The van der Waals surface area contributed by atoms with Crippen LogP contribution < -0.4 is 4.90 Å². The van der Waals surface area contributed by atoms with E-state index in [2.05, 4.69) is 217 Å². The lowest BCUT2D eigenvalue weighted by Gasteiger charge is -2.28. The minimum Gasteiger partial charge on any atom is -0.440 e. The summed E-state index contributed by atoms with van der Waals surface area (Å²) in [5.41, 5.74) is 16.6. The third-order valence-electron chi connectivity index (χ3n) is 12.6. The van der Waals surface area contributed by atoms with Gasteiger partial charge in [-0.3, -0.25) is 4.90 Å². The highest BCUT2D eigenvalue weighted by atomic mass is 32.2. The van der Waals surface area contributed by atoms with E-state index in [0.717, 1.165) is 44.9 Å². The van der Waals surface area contributed by atoms with Gasteiger partial charge in [-0.2, -0.15) is 0 Å². The van der Waals surface area contributed by atoms with E-state index in [1.807, 2.05) is 23.5 Å². The van der Waals surface area contributed by atoms with Crippen molar-refractivity contribution >= 4 is 62.6 Å². The molecule has 8 aromatic carbocycles. The van der Waals surface area contributed by atoms with Gasteiger partial charge in [-0.25, -0.2) is 0 Å². The minimum atomic E-state index is -0.208. The maximum absolute atomic E-state index is 7.09. The van der Waals surface area contributed by atoms with Crippen LogP contribution in [-0.4, -0.2) is 9.65 Å². The molecular weight excluding hydrogens is 781 g/mol. The summed E-state index contributed by atoms with van der Waals surface area (Å²) in [5, 5.41) is 3.48. The van der Waals surface area contributed by atoms with Gasteiger partial charge in [-0.1, -0.05) is 141 Å². The van der Waals surface area contributed by atoms with E-state index in [1.165, 1.54) is 70.6 Å². The van der Waals surface area contributed by atoms with Crippen molar-refractivity contribution in [2.24, 2.45) is 0 Å². The zero-order chi connectivity index (χ0) is 40.7. The highest BCUT2D eigenvalue weighted by molar-refractivity contribution is 8.18. The van der Waals surface area contributed by atoms with E-state index < -0.39 is 0 Å². The molecule has 5 heteroatoms. The van der Waals surface area contributed by atoms with Crippen LogP contribution in [0.3, 0.4) is 0 Å². The van der Waals surface area contributed by atoms with Crippen LogP contribution in [0.2, 0.25) is 0 Å². The molecule has 10 aromatic rings. The fourth-order valence-electron chi connectivity index (χ4n) is 9.70. The van der Waals surface area contributed by atoms with Crippen molar-refractivity contribution in [2.45, 2.75) is 29.1 Å². The van der Waals surface area contributed by atoms with Gasteiger partial charge in [-0.05, 0) is 105 Å². The van der Waals surface area contributed by atoms with Gasteiger partial charge in [-0.15, -0.1) is 23.5 Å². The summed E-state index contributed by atoms with van der Waals surface area (Å²) in [6.45, 7) is 4.75. The maximum Gasteiger partial charge on any atom is 0.205 e. The molecule has 3 nitrogen and oxygen atoms in total. The Hall–Kier alpha value is -6.66. The van der Waals surface area contributed by atoms with E-state index in [-0.39, 0.29) is 5.41 Å². The van der Waals surface area contributed by atoms with Crippen molar-refractivity contribution in [3.63, 3.8) is 0 Å². The van der Waals surface area contributed by atoms with Crippen LogP contribution in [-0.2, 0) is 5.41 Å². The number of rotatable bonds is 7. The molecule has 0 amide bonds. The van der Waals surface area contributed by atoms with Gasteiger partial charge in [0.1, 0.15) is 5.76 Å². The molecule has 0 unspecified atom stereocenters. The molecule has 1 aliphatic carbocycles. The van der Waals surface area contributed by atoms with E-state index in [0.29, 0.717) is 0 Å². The van der Waals surface area contributed by atoms with Crippen LogP contribution in [0.25, 0.3) is 72.2 Å². The Morgan fingerprint density at radius 2 is 1.21 bits per heavy atom. The number of nitrogens with zero attached hydrogens (tertiary/aromatic N) is 2. The van der Waals surface area contributed by atoms with E-state index in [9.17, 15) is 0 Å². The molecule has 0 radical (unpaired) electrons. The van der Waals surface area contributed by atoms with Crippen LogP contribution in [0, 0.1) is 0 Å². The highest BCUT2D eigenvalue weighted by Gasteiger charge is 2.38. The number of furan rings is 1. The summed E-state index contributed by atoms with van der Waals surface area (Å²) in [6.07, 6.45) is 0. The molecule has 0 bridgehead atoms. The Labute approximate surface area is 364 Å². The quantitative estimate of drug-likeness (QED) is 0.160. The number of thioether (sulfide) groups is 2. The second-order valence-electron chi connectivity index (χ2n) is 16.4. The largest absolute Gasteiger partial charge is 0.440 e. The smallest absolute Gasteiger partial charge is 0.205 e. The first-order valence-corrected chi connectivity index (χ1v) is 22.8. The number of hydrogen-bond donors (Lipinski definition) is 0. The van der Waals surface area contributed by atoms with Crippen molar-refractivity contribution in [2.75, 3.05) is 9.98 Å². The number of para-hydroxylation sites is 2. The molecule has 0 N–H and O–H groups in total. The summed E-state index contributed by atoms with van der Waals surface area (Å²) in [5.74, 6) is 1.57. The molecule has 0 atom stereocenters. The molecule has 3 heterocycles. The number of aromatic nitrogens is 1. The molecule has 292 valence electrons.